The molecule has 2 heterocycles. The molecule has 2 bridgehead atoms. The molecule has 5 heteroatoms. The second-order valence-electron chi connectivity index (χ2n) is 7.28. The third kappa shape index (κ3) is 1.57. The Morgan fingerprint density at radius 1 is 1.15 bits per heavy atom. The fraction of sp³-hybridized carbons (Fsp3) is 0.800. The first-order valence-electron chi connectivity index (χ1n) is 7.92. The number of imidazole rings is 1. The van der Waals surface area contributed by atoms with Crippen LogP contribution in [0.2, 0.25) is 0 Å². The van der Waals surface area contributed by atoms with Crippen LogP contribution in [0.1, 0.15) is 43.8 Å². The zero-order valence-corrected chi connectivity index (χ0v) is 13.9. The van der Waals surface area contributed by atoms with E-state index in [1.165, 1.54) is 67.8 Å². The van der Waals surface area contributed by atoms with Crippen molar-refractivity contribution < 1.29 is 0 Å². The lowest BCUT2D eigenvalue weighted by Crippen LogP contribution is -2.80. The maximum absolute atomic E-state index is 4.81. The minimum Gasteiger partial charge on any atom is -0.327 e. The SMILES string of the molecule is Ic1cn(C23CC(N4CCNCC4)(C2)C3)c(C2CC2)n1. The summed E-state index contributed by atoms with van der Waals surface area (Å²) in [6.07, 6.45) is 9.12. The van der Waals surface area contributed by atoms with Crippen molar-refractivity contribution in [3.63, 3.8) is 0 Å². The van der Waals surface area contributed by atoms with E-state index in [1.807, 2.05) is 0 Å². The maximum atomic E-state index is 4.81. The molecule has 1 aromatic rings. The minimum atomic E-state index is 0.444. The summed E-state index contributed by atoms with van der Waals surface area (Å²) >= 11 is 2.38. The highest BCUT2D eigenvalue weighted by molar-refractivity contribution is 14.1. The van der Waals surface area contributed by atoms with Crippen molar-refractivity contribution in [1.29, 1.82) is 0 Å². The predicted molar refractivity (Wildman–Crippen MR) is 85.9 cm³/mol. The number of halogens is 1. The lowest BCUT2D eigenvalue weighted by Gasteiger charge is -2.74. The van der Waals surface area contributed by atoms with E-state index in [1.54, 1.807) is 0 Å². The van der Waals surface area contributed by atoms with Crippen molar-refractivity contribution in [3.05, 3.63) is 15.7 Å². The van der Waals surface area contributed by atoms with Crippen molar-refractivity contribution >= 4 is 22.6 Å². The Morgan fingerprint density at radius 2 is 1.85 bits per heavy atom. The van der Waals surface area contributed by atoms with Crippen molar-refractivity contribution in [3.8, 4) is 0 Å². The number of rotatable bonds is 3. The van der Waals surface area contributed by atoms with Crippen LogP contribution in [-0.4, -0.2) is 46.2 Å². The van der Waals surface area contributed by atoms with Gasteiger partial charge in [-0.05, 0) is 54.7 Å². The molecule has 0 unspecified atom stereocenters. The molecule has 0 radical (unpaired) electrons. The summed E-state index contributed by atoms with van der Waals surface area (Å²) in [5.41, 5.74) is 0.998. The average Bonchev–Trinajstić information content (AvgIpc) is 3.12. The van der Waals surface area contributed by atoms with Crippen LogP contribution in [0.4, 0.5) is 0 Å². The first kappa shape index (κ1) is 12.4. The normalized spacial score (nSPS) is 40.2. The van der Waals surface area contributed by atoms with Crippen molar-refractivity contribution in [1.82, 2.24) is 19.8 Å². The Labute approximate surface area is 133 Å². The molecule has 0 amide bonds. The fourth-order valence-electron chi connectivity index (χ4n) is 4.79. The van der Waals surface area contributed by atoms with E-state index >= 15 is 0 Å². The largest absolute Gasteiger partial charge is 0.327 e. The average molecular weight is 384 g/mol. The molecule has 108 valence electrons. The van der Waals surface area contributed by atoms with Crippen LogP contribution in [0.15, 0.2) is 6.20 Å². The van der Waals surface area contributed by atoms with Gasteiger partial charge in [-0.2, -0.15) is 0 Å². The standard InChI is InChI=1S/C15H21IN4/c16-12-7-20(13(18-12)11-1-2-11)15-8-14(9-15,10-15)19-5-3-17-4-6-19/h7,11,17H,1-6,8-10H2. The second kappa shape index (κ2) is 3.98. The molecule has 1 aliphatic heterocycles. The first-order chi connectivity index (χ1) is 9.71. The van der Waals surface area contributed by atoms with Gasteiger partial charge in [0.25, 0.3) is 0 Å². The van der Waals surface area contributed by atoms with Crippen LogP contribution in [0, 0.1) is 3.70 Å². The molecule has 1 N–H and O–H groups in total. The van der Waals surface area contributed by atoms with E-state index in [0.717, 1.165) is 5.92 Å². The predicted octanol–water partition coefficient (Wildman–Crippen LogP) is 1.90. The Balaban J connectivity index is 1.38. The second-order valence-corrected chi connectivity index (χ2v) is 8.39. The van der Waals surface area contributed by atoms with Gasteiger partial charge in [0.1, 0.15) is 9.53 Å². The van der Waals surface area contributed by atoms with Crippen LogP contribution >= 0.6 is 22.6 Å². The Hall–Kier alpha value is -0.140. The minimum absolute atomic E-state index is 0.444. The van der Waals surface area contributed by atoms with Crippen LogP contribution < -0.4 is 5.32 Å². The summed E-state index contributed by atoms with van der Waals surface area (Å²) in [5.74, 6) is 2.16. The van der Waals surface area contributed by atoms with Gasteiger partial charge in [-0.25, -0.2) is 4.98 Å². The zero-order chi connectivity index (χ0) is 13.4. The zero-order valence-electron chi connectivity index (χ0n) is 11.7. The van der Waals surface area contributed by atoms with E-state index < -0.39 is 0 Å². The van der Waals surface area contributed by atoms with Gasteiger partial charge in [-0.1, -0.05) is 0 Å². The lowest BCUT2D eigenvalue weighted by molar-refractivity contribution is -0.209. The highest BCUT2D eigenvalue weighted by Crippen LogP contribution is 2.68. The molecule has 20 heavy (non-hydrogen) atoms. The highest BCUT2D eigenvalue weighted by atomic mass is 127. The van der Waals surface area contributed by atoms with Gasteiger partial charge in [0.05, 0.1) is 5.54 Å². The molecule has 4 nitrogen and oxygen atoms in total. The van der Waals surface area contributed by atoms with E-state index in [9.17, 15) is 0 Å². The van der Waals surface area contributed by atoms with E-state index in [2.05, 4.69) is 43.6 Å². The fourth-order valence-corrected chi connectivity index (χ4v) is 5.31. The maximum Gasteiger partial charge on any atom is 0.119 e. The van der Waals surface area contributed by atoms with Gasteiger partial charge in [-0.15, -0.1) is 0 Å². The summed E-state index contributed by atoms with van der Waals surface area (Å²) in [4.78, 5) is 7.56. The van der Waals surface area contributed by atoms with Crippen molar-refractivity contribution in [2.75, 3.05) is 26.2 Å². The summed E-state index contributed by atoms with van der Waals surface area (Å²) in [7, 11) is 0. The third-order valence-corrected chi connectivity index (χ3v) is 6.44. The first-order valence-corrected chi connectivity index (χ1v) is 9.00. The van der Waals surface area contributed by atoms with Gasteiger partial charge in [-0.3, -0.25) is 4.90 Å². The number of hydrogen-bond acceptors (Lipinski definition) is 3. The van der Waals surface area contributed by atoms with Crippen molar-refractivity contribution in [2.24, 2.45) is 0 Å². The molecular weight excluding hydrogens is 363 g/mol. The van der Waals surface area contributed by atoms with E-state index in [-0.39, 0.29) is 0 Å². The summed E-state index contributed by atoms with van der Waals surface area (Å²) in [5, 5.41) is 3.47. The number of aromatic nitrogens is 2. The topological polar surface area (TPSA) is 33.1 Å². The van der Waals surface area contributed by atoms with E-state index in [0.29, 0.717) is 11.1 Å². The molecular formula is C15H21IN4. The van der Waals surface area contributed by atoms with Crippen LogP contribution in [-0.2, 0) is 5.54 Å². The van der Waals surface area contributed by atoms with Gasteiger partial charge >= 0.3 is 0 Å². The number of piperazine rings is 1. The molecule has 1 saturated heterocycles. The Bertz CT molecular complexity index is 536. The molecule has 5 aliphatic rings. The van der Waals surface area contributed by atoms with Crippen molar-refractivity contribution in [2.45, 2.75) is 49.1 Å². The van der Waals surface area contributed by atoms with Crippen LogP contribution in [0.3, 0.4) is 0 Å². The smallest absolute Gasteiger partial charge is 0.119 e. The summed E-state index contributed by atoms with van der Waals surface area (Å²) in [6, 6.07) is 0. The quantitative estimate of drug-likeness (QED) is 0.809. The van der Waals surface area contributed by atoms with E-state index in [4.69, 9.17) is 4.98 Å². The van der Waals surface area contributed by atoms with Crippen LogP contribution in [0.5, 0.6) is 0 Å². The molecule has 6 rings (SSSR count). The number of hydrogen-bond donors (Lipinski definition) is 1. The number of nitrogens with one attached hydrogen (secondary N) is 1. The third-order valence-electron chi connectivity index (χ3n) is 5.92. The molecule has 5 fully saturated rings. The Kier molecular flexibility index (Phi) is 2.47. The van der Waals surface area contributed by atoms with Gasteiger partial charge in [0.15, 0.2) is 0 Å². The summed E-state index contributed by atoms with van der Waals surface area (Å²) in [6.45, 7) is 4.83. The monoisotopic (exact) mass is 384 g/mol. The van der Waals surface area contributed by atoms with Gasteiger partial charge in [0, 0.05) is 43.8 Å². The lowest BCUT2D eigenvalue weighted by atomic mass is 9.43. The van der Waals surface area contributed by atoms with Crippen LogP contribution in [0.25, 0.3) is 0 Å². The van der Waals surface area contributed by atoms with Gasteiger partial charge < -0.3 is 9.88 Å². The molecule has 0 atom stereocenters. The summed E-state index contributed by atoms with van der Waals surface area (Å²) < 4.78 is 3.77. The molecule has 0 aromatic carbocycles. The Morgan fingerprint density at radius 3 is 2.50 bits per heavy atom. The van der Waals surface area contributed by atoms with Gasteiger partial charge in [0.2, 0.25) is 0 Å². The molecule has 4 aliphatic carbocycles. The highest BCUT2D eigenvalue weighted by Gasteiger charge is 2.71. The number of nitrogens with zero attached hydrogens (tertiary/aromatic N) is 3. The molecule has 1 aromatic heterocycles. The molecule has 0 spiro atoms. The molecule has 4 saturated carbocycles.